The second-order valence-corrected chi connectivity index (χ2v) is 5.43. The summed E-state index contributed by atoms with van der Waals surface area (Å²) in [6, 6.07) is 4.12. The number of piperidine rings is 1. The van der Waals surface area contributed by atoms with Crippen molar-refractivity contribution in [3.63, 3.8) is 0 Å². The van der Waals surface area contributed by atoms with Crippen LogP contribution < -0.4 is 4.90 Å². The highest BCUT2D eigenvalue weighted by molar-refractivity contribution is 5.80. The molecule has 0 bridgehead atoms. The van der Waals surface area contributed by atoms with E-state index in [2.05, 4.69) is 0 Å². The molecule has 1 N–H and O–H groups in total. The molecule has 1 saturated heterocycles. The molecule has 6 nitrogen and oxygen atoms in total. The summed E-state index contributed by atoms with van der Waals surface area (Å²) >= 11 is 0. The summed E-state index contributed by atoms with van der Waals surface area (Å²) in [5.74, 6) is -0.608. The molecule has 0 radical (unpaired) electrons. The molecule has 2 atom stereocenters. The summed E-state index contributed by atoms with van der Waals surface area (Å²) in [6.07, 6.45) is 1.36. The monoisotopic (exact) mass is 278 g/mol. The predicted octanol–water partition coefficient (Wildman–Crippen LogP) is 2.59. The number of hydrogen-bond donors (Lipinski definition) is 1. The number of nitro benzene ring substituents is 1. The second kappa shape index (κ2) is 5.48. The number of hydrogen-bond acceptors (Lipinski definition) is 4. The summed E-state index contributed by atoms with van der Waals surface area (Å²) in [5, 5.41) is 20.5. The van der Waals surface area contributed by atoms with E-state index in [1.54, 1.807) is 17.0 Å². The van der Waals surface area contributed by atoms with Crippen LogP contribution >= 0.6 is 0 Å². The number of carbonyl (C=O) groups is 1. The first-order valence-electron chi connectivity index (χ1n) is 6.64. The molecule has 1 heterocycles. The maximum atomic E-state index is 11.4. The molecule has 1 fully saturated rings. The Morgan fingerprint density at radius 2 is 2.20 bits per heavy atom. The largest absolute Gasteiger partial charge is 0.480 e. The number of rotatable bonds is 3. The first-order valence-corrected chi connectivity index (χ1v) is 6.64. The van der Waals surface area contributed by atoms with Crippen molar-refractivity contribution in [2.45, 2.75) is 32.7 Å². The number of nitro groups is 1. The van der Waals surface area contributed by atoms with E-state index < -0.39 is 16.9 Å². The maximum absolute atomic E-state index is 11.4. The fourth-order valence-electron chi connectivity index (χ4n) is 2.68. The van der Waals surface area contributed by atoms with Crippen LogP contribution in [0, 0.1) is 23.0 Å². The van der Waals surface area contributed by atoms with Crippen LogP contribution in [0.15, 0.2) is 18.2 Å². The molecule has 20 heavy (non-hydrogen) atoms. The van der Waals surface area contributed by atoms with Crippen molar-refractivity contribution in [2.24, 2.45) is 5.92 Å². The van der Waals surface area contributed by atoms with Crippen LogP contribution in [0.4, 0.5) is 11.4 Å². The molecule has 6 heteroatoms. The lowest BCUT2D eigenvalue weighted by Gasteiger charge is -2.37. The zero-order valence-electron chi connectivity index (χ0n) is 11.6. The Morgan fingerprint density at radius 3 is 2.80 bits per heavy atom. The van der Waals surface area contributed by atoms with Crippen molar-refractivity contribution in [1.82, 2.24) is 0 Å². The molecule has 1 aromatic carbocycles. The molecule has 0 aliphatic carbocycles. The van der Waals surface area contributed by atoms with E-state index >= 15 is 0 Å². The molecule has 0 spiro atoms. The number of aryl methyl sites for hydroxylation is 1. The average Bonchev–Trinajstić information content (AvgIpc) is 2.38. The van der Waals surface area contributed by atoms with Crippen LogP contribution in [0.2, 0.25) is 0 Å². The lowest BCUT2D eigenvalue weighted by molar-refractivity contribution is -0.384. The van der Waals surface area contributed by atoms with E-state index in [0.717, 1.165) is 12.0 Å². The Bertz CT molecular complexity index is 544. The van der Waals surface area contributed by atoms with Crippen LogP contribution in [0.5, 0.6) is 0 Å². The summed E-state index contributed by atoms with van der Waals surface area (Å²) in [5.41, 5.74) is 1.26. The maximum Gasteiger partial charge on any atom is 0.326 e. The van der Waals surface area contributed by atoms with Gasteiger partial charge in [-0.05, 0) is 37.3 Å². The van der Waals surface area contributed by atoms with Gasteiger partial charge in [-0.2, -0.15) is 0 Å². The molecule has 0 saturated carbocycles. The van der Waals surface area contributed by atoms with Gasteiger partial charge in [-0.15, -0.1) is 0 Å². The van der Waals surface area contributed by atoms with E-state index in [4.69, 9.17) is 0 Å². The number of benzene rings is 1. The van der Waals surface area contributed by atoms with Crippen molar-refractivity contribution in [2.75, 3.05) is 11.4 Å². The van der Waals surface area contributed by atoms with Crippen LogP contribution in [-0.2, 0) is 4.79 Å². The van der Waals surface area contributed by atoms with Gasteiger partial charge in [0.15, 0.2) is 0 Å². The second-order valence-electron chi connectivity index (χ2n) is 5.43. The van der Waals surface area contributed by atoms with Gasteiger partial charge in [0, 0.05) is 12.6 Å². The van der Waals surface area contributed by atoms with Gasteiger partial charge in [-0.1, -0.05) is 13.0 Å². The number of aliphatic carboxylic acids is 1. The molecule has 2 rings (SSSR count). The van der Waals surface area contributed by atoms with Gasteiger partial charge in [0.2, 0.25) is 0 Å². The summed E-state index contributed by atoms with van der Waals surface area (Å²) in [7, 11) is 0. The highest BCUT2D eigenvalue weighted by Gasteiger charge is 2.34. The first kappa shape index (κ1) is 14.3. The minimum atomic E-state index is -0.924. The van der Waals surface area contributed by atoms with Crippen LogP contribution in [0.3, 0.4) is 0 Å². The Labute approximate surface area is 117 Å². The van der Waals surface area contributed by atoms with Gasteiger partial charge in [0.05, 0.1) is 4.92 Å². The normalized spacial score (nSPS) is 22.6. The third kappa shape index (κ3) is 2.74. The molecule has 108 valence electrons. The fraction of sp³-hybridized carbons (Fsp3) is 0.500. The van der Waals surface area contributed by atoms with Gasteiger partial charge < -0.3 is 10.0 Å². The highest BCUT2D eigenvalue weighted by atomic mass is 16.6. The zero-order valence-corrected chi connectivity index (χ0v) is 11.6. The van der Waals surface area contributed by atoms with E-state index in [1.807, 2.05) is 13.8 Å². The van der Waals surface area contributed by atoms with Gasteiger partial charge in [-0.3, -0.25) is 10.1 Å². The Kier molecular flexibility index (Phi) is 3.92. The van der Waals surface area contributed by atoms with Crippen molar-refractivity contribution in [3.05, 3.63) is 33.9 Å². The van der Waals surface area contributed by atoms with Crippen LogP contribution in [0.1, 0.15) is 25.3 Å². The van der Waals surface area contributed by atoms with E-state index in [-0.39, 0.29) is 5.69 Å². The minimum absolute atomic E-state index is 0.0311. The van der Waals surface area contributed by atoms with E-state index in [9.17, 15) is 20.0 Å². The number of anilines is 1. The van der Waals surface area contributed by atoms with Crippen molar-refractivity contribution in [3.8, 4) is 0 Å². The summed E-state index contributed by atoms with van der Waals surface area (Å²) in [6.45, 7) is 4.38. The molecule has 1 aromatic rings. The van der Waals surface area contributed by atoms with E-state index in [1.165, 1.54) is 6.07 Å². The Morgan fingerprint density at radius 1 is 1.50 bits per heavy atom. The van der Waals surface area contributed by atoms with Gasteiger partial charge in [-0.25, -0.2) is 4.79 Å². The first-order chi connectivity index (χ1) is 9.40. The topological polar surface area (TPSA) is 83.7 Å². The third-order valence-corrected chi connectivity index (χ3v) is 3.79. The Hall–Kier alpha value is -2.11. The quantitative estimate of drug-likeness (QED) is 0.678. The third-order valence-electron chi connectivity index (χ3n) is 3.79. The summed E-state index contributed by atoms with van der Waals surface area (Å²) < 4.78 is 0. The number of nitrogens with zero attached hydrogens (tertiary/aromatic N) is 2. The number of carboxylic acid groups (broad SMARTS) is 1. The molecule has 2 unspecified atom stereocenters. The van der Waals surface area contributed by atoms with Gasteiger partial charge >= 0.3 is 5.97 Å². The zero-order chi connectivity index (χ0) is 14.9. The van der Waals surface area contributed by atoms with Crippen LogP contribution in [-0.4, -0.2) is 28.6 Å². The molecular weight excluding hydrogens is 260 g/mol. The molecule has 1 aliphatic rings. The van der Waals surface area contributed by atoms with Crippen molar-refractivity contribution < 1.29 is 14.8 Å². The lowest BCUT2D eigenvalue weighted by atomic mass is 9.91. The van der Waals surface area contributed by atoms with Crippen molar-refractivity contribution >= 4 is 17.3 Å². The lowest BCUT2D eigenvalue weighted by Crippen LogP contribution is -2.47. The molecule has 0 amide bonds. The smallest absolute Gasteiger partial charge is 0.326 e. The molecule has 1 aliphatic heterocycles. The van der Waals surface area contributed by atoms with Crippen molar-refractivity contribution in [1.29, 1.82) is 0 Å². The standard InChI is InChI=1S/C14H18N2O4/c1-9-3-4-11(16(19)20)12(7-9)15-6-5-10(2)8-13(15)14(17)18/h3-4,7,10,13H,5-6,8H2,1-2H3,(H,17,18). The number of carboxylic acids is 1. The van der Waals surface area contributed by atoms with Crippen LogP contribution in [0.25, 0.3) is 0 Å². The minimum Gasteiger partial charge on any atom is -0.480 e. The van der Waals surface area contributed by atoms with Gasteiger partial charge in [0.1, 0.15) is 11.7 Å². The Balaban J connectivity index is 2.45. The molecule has 0 aromatic heterocycles. The van der Waals surface area contributed by atoms with Gasteiger partial charge in [0.25, 0.3) is 5.69 Å². The highest BCUT2D eigenvalue weighted by Crippen LogP contribution is 2.35. The summed E-state index contributed by atoms with van der Waals surface area (Å²) in [4.78, 5) is 23.8. The molecular formula is C14H18N2O4. The van der Waals surface area contributed by atoms with E-state index in [0.29, 0.717) is 24.6 Å². The SMILES string of the molecule is Cc1ccc([N+](=O)[O-])c(N2CCC(C)CC2C(=O)O)c1. The predicted molar refractivity (Wildman–Crippen MR) is 75.0 cm³/mol. The average molecular weight is 278 g/mol. The fourth-order valence-corrected chi connectivity index (χ4v) is 2.68.